The summed E-state index contributed by atoms with van der Waals surface area (Å²) in [4.78, 5) is 16.7. The van der Waals surface area contributed by atoms with Crippen LogP contribution in [0.15, 0.2) is 24.3 Å². The Morgan fingerprint density at radius 3 is 2.76 bits per heavy atom. The number of ether oxygens (including phenoxy) is 1. The average molecular weight is 309 g/mol. The molecule has 2 fully saturated rings. The van der Waals surface area contributed by atoms with E-state index in [4.69, 9.17) is 16.3 Å². The van der Waals surface area contributed by atoms with Crippen LogP contribution in [0.4, 0.5) is 0 Å². The minimum atomic E-state index is 0.0780. The molecular weight excluding hydrogens is 288 g/mol. The van der Waals surface area contributed by atoms with Crippen LogP contribution in [0, 0.1) is 0 Å². The summed E-state index contributed by atoms with van der Waals surface area (Å²) >= 11 is 5.95. The molecule has 114 valence electrons. The lowest BCUT2D eigenvalue weighted by atomic mass is 10.1. The zero-order valence-corrected chi connectivity index (χ0v) is 12.9. The number of carbonyl (C=O) groups is 1. The molecule has 1 aromatic rings. The van der Waals surface area contributed by atoms with Crippen molar-refractivity contribution in [2.45, 2.75) is 18.9 Å². The second-order valence-electron chi connectivity index (χ2n) is 5.74. The number of halogens is 1. The monoisotopic (exact) mass is 308 g/mol. The fourth-order valence-corrected chi connectivity index (χ4v) is 3.20. The molecule has 5 heteroatoms. The number of benzene rings is 1. The van der Waals surface area contributed by atoms with Gasteiger partial charge in [0.2, 0.25) is 0 Å². The van der Waals surface area contributed by atoms with Gasteiger partial charge in [0.15, 0.2) is 0 Å². The van der Waals surface area contributed by atoms with Gasteiger partial charge in [0, 0.05) is 49.9 Å². The van der Waals surface area contributed by atoms with Crippen LogP contribution in [0.25, 0.3) is 0 Å². The molecule has 0 bridgehead atoms. The molecule has 0 aliphatic carbocycles. The van der Waals surface area contributed by atoms with Crippen LogP contribution in [0.1, 0.15) is 23.2 Å². The van der Waals surface area contributed by atoms with Crippen molar-refractivity contribution in [2.24, 2.45) is 0 Å². The minimum absolute atomic E-state index is 0.0780. The molecule has 2 aliphatic rings. The highest BCUT2D eigenvalue weighted by molar-refractivity contribution is 6.30. The van der Waals surface area contributed by atoms with E-state index in [0.717, 1.165) is 39.3 Å². The first-order valence-electron chi connectivity index (χ1n) is 7.61. The standard InChI is InChI=1S/C16H21ClN2O2/c17-14-4-1-3-13(11-14)16(20)19-8-6-18(7-9-19)12-15-5-2-10-21-15/h1,3-4,11,15H,2,5-10,12H2. The Morgan fingerprint density at radius 2 is 2.10 bits per heavy atom. The summed E-state index contributed by atoms with van der Waals surface area (Å²) in [6, 6.07) is 7.18. The van der Waals surface area contributed by atoms with Crippen molar-refractivity contribution < 1.29 is 9.53 Å². The lowest BCUT2D eigenvalue weighted by Crippen LogP contribution is -2.50. The van der Waals surface area contributed by atoms with E-state index in [1.54, 1.807) is 12.1 Å². The fourth-order valence-electron chi connectivity index (χ4n) is 3.01. The third kappa shape index (κ3) is 3.76. The Labute approximate surface area is 130 Å². The molecule has 3 rings (SSSR count). The van der Waals surface area contributed by atoms with E-state index < -0.39 is 0 Å². The number of hydrogen-bond acceptors (Lipinski definition) is 3. The van der Waals surface area contributed by atoms with Gasteiger partial charge in [0.05, 0.1) is 6.10 Å². The predicted molar refractivity (Wildman–Crippen MR) is 82.8 cm³/mol. The second kappa shape index (κ2) is 6.77. The average Bonchev–Trinajstić information content (AvgIpc) is 3.00. The largest absolute Gasteiger partial charge is 0.377 e. The van der Waals surface area contributed by atoms with E-state index in [0.29, 0.717) is 16.7 Å². The van der Waals surface area contributed by atoms with Crippen molar-refractivity contribution in [1.29, 1.82) is 0 Å². The normalized spacial score (nSPS) is 23.5. The summed E-state index contributed by atoms with van der Waals surface area (Å²) in [6.07, 6.45) is 2.74. The summed E-state index contributed by atoms with van der Waals surface area (Å²) < 4.78 is 5.68. The molecule has 0 saturated carbocycles. The summed E-state index contributed by atoms with van der Waals surface area (Å²) in [5, 5.41) is 0.609. The molecular formula is C16H21ClN2O2. The van der Waals surface area contributed by atoms with Crippen molar-refractivity contribution in [2.75, 3.05) is 39.3 Å². The highest BCUT2D eigenvalue weighted by Gasteiger charge is 2.25. The van der Waals surface area contributed by atoms with Crippen molar-refractivity contribution in [3.8, 4) is 0 Å². The molecule has 0 aromatic heterocycles. The van der Waals surface area contributed by atoms with Crippen LogP contribution in [0.5, 0.6) is 0 Å². The molecule has 1 atom stereocenters. The third-order valence-electron chi connectivity index (χ3n) is 4.22. The van der Waals surface area contributed by atoms with Gasteiger partial charge in [-0.3, -0.25) is 9.69 Å². The minimum Gasteiger partial charge on any atom is -0.377 e. The third-order valence-corrected chi connectivity index (χ3v) is 4.45. The predicted octanol–water partition coefficient (Wildman–Crippen LogP) is 2.28. The lowest BCUT2D eigenvalue weighted by Gasteiger charge is -2.35. The van der Waals surface area contributed by atoms with Crippen LogP contribution in [0.2, 0.25) is 5.02 Å². The van der Waals surface area contributed by atoms with Gasteiger partial charge in [-0.25, -0.2) is 0 Å². The van der Waals surface area contributed by atoms with Gasteiger partial charge in [0.25, 0.3) is 5.91 Å². The second-order valence-corrected chi connectivity index (χ2v) is 6.17. The molecule has 0 radical (unpaired) electrons. The van der Waals surface area contributed by atoms with Gasteiger partial charge < -0.3 is 9.64 Å². The maximum atomic E-state index is 12.4. The SMILES string of the molecule is O=C(c1cccc(Cl)c1)N1CCN(CC2CCCO2)CC1. The Morgan fingerprint density at radius 1 is 1.29 bits per heavy atom. The topological polar surface area (TPSA) is 32.8 Å². The molecule has 21 heavy (non-hydrogen) atoms. The van der Waals surface area contributed by atoms with Crippen LogP contribution < -0.4 is 0 Å². The van der Waals surface area contributed by atoms with Crippen LogP contribution in [0.3, 0.4) is 0 Å². The Hall–Kier alpha value is -1.10. The van der Waals surface area contributed by atoms with Crippen molar-refractivity contribution >= 4 is 17.5 Å². The van der Waals surface area contributed by atoms with E-state index >= 15 is 0 Å². The highest BCUT2D eigenvalue weighted by Crippen LogP contribution is 2.16. The van der Waals surface area contributed by atoms with Gasteiger partial charge in [-0.05, 0) is 31.0 Å². The molecule has 4 nitrogen and oxygen atoms in total. The quantitative estimate of drug-likeness (QED) is 0.859. The first kappa shape index (κ1) is 14.8. The molecule has 0 spiro atoms. The number of piperazine rings is 1. The smallest absolute Gasteiger partial charge is 0.253 e. The number of amides is 1. The van der Waals surface area contributed by atoms with Gasteiger partial charge in [-0.2, -0.15) is 0 Å². The van der Waals surface area contributed by atoms with Crippen molar-refractivity contribution in [3.05, 3.63) is 34.9 Å². The Balaban J connectivity index is 1.52. The maximum Gasteiger partial charge on any atom is 0.253 e. The summed E-state index contributed by atoms with van der Waals surface area (Å²) in [5.41, 5.74) is 0.676. The molecule has 1 aromatic carbocycles. The first-order chi connectivity index (χ1) is 10.2. The molecule has 2 aliphatic heterocycles. The Kier molecular flexibility index (Phi) is 4.78. The van der Waals surface area contributed by atoms with Gasteiger partial charge in [-0.15, -0.1) is 0 Å². The van der Waals surface area contributed by atoms with Gasteiger partial charge in [-0.1, -0.05) is 17.7 Å². The number of carbonyl (C=O) groups excluding carboxylic acids is 1. The molecule has 1 unspecified atom stereocenters. The number of rotatable bonds is 3. The zero-order chi connectivity index (χ0) is 14.7. The highest BCUT2D eigenvalue weighted by atomic mass is 35.5. The first-order valence-corrected chi connectivity index (χ1v) is 7.99. The van der Waals surface area contributed by atoms with E-state index in [-0.39, 0.29) is 5.91 Å². The number of hydrogen-bond donors (Lipinski definition) is 0. The summed E-state index contributed by atoms with van der Waals surface area (Å²) in [5.74, 6) is 0.0780. The van der Waals surface area contributed by atoms with Crippen LogP contribution in [-0.4, -0.2) is 61.1 Å². The van der Waals surface area contributed by atoms with E-state index in [9.17, 15) is 4.79 Å². The van der Waals surface area contributed by atoms with E-state index in [2.05, 4.69) is 4.90 Å². The van der Waals surface area contributed by atoms with Crippen molar-refractivity contribution in [1.82, 2.24) is 9.80 Å². The molecule has 2 saturated heterocycles. The molecule has 1 amide bonds. The summed E-state index contributed by atoms with van der Waals surface area (Å²) in [7, 11) is 0. The molecule has 2 heterocycles. The zero-order valence-electron chi connectivity index (χ0n) is 12.1. The van der Waals surface area contributed by atoms with Crippen LogP contribution >= 0.6 is 11.6 Å². The summed E-state index contributed by atoms with van der Waals surface area (Å²) in [6.45, 7) is 5.30. The molecule has 0 N–H and O–H groups in total. The van der Waals surface area contributed by atoms with Crippen LogP contribution in [-0.2, 0) is 4.74 Å². The van der Waals surface area contributed by atoms with Gasteiger partial charge in [0.1, 0.15) is 0 Å². The fraction of sp³-hybridized carbons (Fsp3) is 0.562. The Bertz CT molecular complexity index is 495. The van der Waals surface area contributed by atoms with E-state index in [1.807, 2.05) is 17.0 Å². The number of nitrogens with zero attached hydrogens (tertiary/aromatic N) is 2. The van der Waals surface area contributed by atoms with Crippen molar-refractivity contribution in [3.63, 3.8) is 0 Å². The van der Waals surface area contributed by atoms with E-state index in [1.165, 1.54) is 12.8 Å². The lowest BCUT2D eigenvalue weighted by molar-refractivity contribution is 0.0433. The van der Waals surface area contributed by atoms with Gasteiger partial charge >= 0.3 is 0 Å². The maximum absolute atomic E-state index is 12.4.